The van der Waals surface area contributed by atoms with E-state index in [9.17, 15) is 4.79 Å². The largest absolute Gasteiger partial charge is 0.307 e. The van der Waals surface area contributed by atoms with Crippen LogP contribution in [0.1, 0.15) is 15.9 Å². The molecule has 2 heterocycles. The summed E-state index contributed by atoms with van der Waals surface area (Å²) in [7, 11) is 0. The van der Waals surface area contributed by atoms with E-state index in [0.717, 1.165) is 5.56 Å². The fourth-order valence-corrected chi connectivity index (χ4v) is 2.78. The van der Waals surface area contributed by atoms with Crippen LogP contribution in [-0.2, 0) is 6.54 Å². The van der Waals surface area contributed by atoms with Gasteiger partial charge in [-0.2, -0.15) is 5.10 Å². The number of carbonyl (C=O) groups is 1. The molecule has 5 nitrogen and oxygen atoms in total. The number of hydrogen-bond acceptors (Lipinski definition) is 3. The topological polar surface area (TPSA) is 59.8 Å². The van der Waals surface area contributed by atoms with Crippen molar-refractivity contribution in [2.75, 3.05) is 5.32 Å². The molecule has 0 radical (unpaired) electrons. The van der Waals surface area contributed by atoms with Gasteiger partial charge in [0.1, 0.15) is 11.0 Å². The lowest BCUT2D eigenvalue weighted by molar-refractivity contribution is 0.102. The minimum Gasteiger partial charge on any atom is -0.307 e. The molecule has 3 rings (SSSR count). The first kappa shape index (κ1) is 18.0. The van der Waals surface area contributed by atoms with Crippen LogP contribution in [0.25, 0.3) is 0 Å². The van der Waals surface area contributed by atoms with Gasteiger partial charge in [-0.15, -0.1) is 0 Å². The molecule has 3 aromatic rings. The van der Waals surface area contributed by atoms with Crippen LogP contribution in [0.15, 0.2) is 42.7 Å². The molecular formula is C16H10Cl4N4O. The first-order chi connectivity index (χ1) is 12.0. The van der Waals surface area contributed by atoms with Gasteiger partial charge in [0.15, 0.2) is 0 Å². The summed E-state index contributed by atoms with van der Waals surface area (Å²) in [5, 5.41) is 8.20. The fourth-order valence-electron chi connectivity index (χ4n) is 2.13. The van der Waals surface area contributed by atoms with Crippen molar-refractivity contribution in [2.24, 2.45) is 0 Å². The second kappa shape index (κ2) is 7.62. The molecule has 0 bridgehead atoms. The number of aromatic nitrogens is 3. The second-order valence-corrected chi connectivity index (χ2v) is 6.59. The summed E-state index contributed by atoms with van der Waals surface area (Å²) < 4.78 is 1.60. The van der Waals surface area contributed by atoms with E-state index < -0.39 is 0 Å². The Morgan fingerprint density at radius 1 is 1.12 bits per heavy atom. The Balaban J connectivity index is 1.81. The lowest BCUT2D eigenvalue weighted by atomic mass is 10.2. The summed E-state index contributed by atoms with van der Waals surface area (Å²) in [5.41, 5.74) is 1.06. The number of amides is 1. The summed E-state index contributed by atoms with van der Waals surface area (Å²) in [6, 6.07) is 8.45. The highest BCUT2D eigenvalue weighted by molar-refractivity contribution is 6.42. The van der Waals surface area contributed by atoms with Crippen molar-refractivity contribution in [3.8, 4) is 0 Å². The van der Waals surface area contributed by atoms with E-state index in [0.29, 0.717) is 22.4 Å². The number of nitrogens with one attached hydrogen (secondary N) is 1. The molecule has 1 amide bonds. The minimum atomic E-state index is -0.384. The fraction of sp³-hybridized carbons (Fsp3) is 0.0625. The van der Waals surface area contributed by atoms with Gasteiger partial charge in [0.05, 0.1) is 33.4 Å². The highest BCUT2D eigenvalue weighted by Gasteiger charge is 2.13. The summed E-state index contributed by atoms with van der Waals surface area (Å²) in [4.78, 5) is 16.2. The number of nitrogens with zero attached hydrogens (tertiary/aromatic N) is 3. The van der Waals surface area contributed by atoms with Crippen LogP contribution in [-0.4, -0.2) is 20.7 Å². The van der Waals surface area contributed by atoms with E-state index in [4.69, 9.17) is 46.4 Å². The Bertz CT molecular complexity index is 942. The average molecular weight is 416 g/mol. The Labute approximate surface area is 163 Å². The summed E-state index contributed by atoms with van der Waals surface area (Å²) in [5.74, 6) is 0.108. The first-order valence-corrected chi connectivity index (χ1v) is 8.54. The standard InChI is InChI=1S/C16H10Cl4N4O/c17-11-3-1-2-9(14(11)19)8-24-13(4-5-22-24)23-16(25)10-6-12(18)15(20)21-7-10/h1-7H,8H2,(H,23,25). The van der Waals surface area contributed by atoms with Gasteiger partial charge in [0.2, 0.25) is 0 Å². The Kier molecular flexibility index (Phi) is 5.49. The number of benzene rings is 1. The van der Waals surface area contributed by atoms with Gasteiger partial charge in [0.25, 0.3) is 5.91 Å². The third-order valence-electron chi connectivity index (χ3n) is 3.37. The predicted molar refractivity (Wildman–Crippen MR) is 100 cm³/mol. The monoisotopic (exact) mass is 414 g/mol. The molecule has 1 aromatic carbocycles. The Morgan fingerprint density at radius 3 is 2.68 bits per heavy atom. The summed E-state index contributed by atoms with van der Waals surface area (Å²) in [6.45, 7) is 0.349. The molecule has 0 aliphatic heterocycles. The van der Waals surface area contributed by atoms with Gasteiger partial charge in [0, 0.05) is 12.3 Å². The van der Waals surface area contributed by atoms with Gasteiger partial charge in [-0.1, -0.05) is 58.5 Å². The lowest BCUT2D eigenvalue weighted by Crippen LogP contribution is -2.16. The molecule has 2 aromatic heterocycles. The van der Waals surface area contributed by atoms with Crippen molar-refractivity contribution in [2.45, 2.75) is 6.54 Å². The van der Waals surface area contributed by atoms with Crippen LogP contribution in [0.3, 0.4) is 0 Å². The highest BCUT2D eigenvalue weighted by Crippen LogP contribution is 2.27. The maximum Gasteiger partial charge on any atom is 0.258 e. The third kappa shape index (κ3) is 4.07. The number of pyridine rings is 1. The molecule has 128 valence electrons. The molecule has 0 saturated carbocycles. The van der Waals surface area contributed by atoms with Gasteiger partial charge in [-0.3, -0.25) is 4.79 Å². The van der Waals surface area contributed by atoms with Gasteiger partial charge in [-0.05, 0) is 17.7 Å². The molecule has 0 atom stereocenters. The molecule has 0 fully saturated rings. The van der Waals surface area contributed by atoms with Gasteiger partial charge in [-0.25, -0.2) is 9.67 Å². The number of rotatable bonds is 4. The summed E-state index contributed by atoms with van der Waals surface area (Å²) in [6.07, 6.45) is 2.92. The maximum atomic E-state index is 12.4. The Morgan fingerprint density at radius 2 is 1.92 bits per heavy atom. The van der Waals surface area contributed by atoms with Crippen LogP contribution in [0, 0.1) is 0 Å². The SMILES string of the molecule is O=C(Nc1ccnn1Cc1cccc(Cl)c1Cl)c1cnc(Cl)c(Cl)c1. The van der Waals surface area contributed by atoms with E-state index in [1.807, 2.05) is 6.07 Å². The van der Waals surface area contributed by atoms with Crippen molar-refractivity contribution in [1.82, 2.24) is 14.8 Å². The first-order valence-electron chi connectivity index (χ1n) is 7.03. The van der Waals surface area contributed by atoms with Crippen LogP contribution >= 0.6 is 46.4 Å². The molecule has 0 saturated heterocycles. The zero-order valence-electron chi connectivity index (χ0n) is 12.5. The van der Waals surface area contributed by atoms with Crippen LogP contribution in [0.2, 0.25) is 20.2 Å². The van der Waals surface area contributed by atoms with Crippen molar-refractivity contribution in [3.63, 3.8) is 0 Å². The van der Waals surface area contributed by atoms with Gasteiger partial charge >= 0.3 is 0 Å². The summed E-state index contributed by atoms with van der Waals surface area (Å²) >= 11 is 23.9. The van der Waals surface area contributed by atoms with Crippen molar-refractivity contribution in [1.29, 1.82) is 0 Å². The molecule has 9 heteroatoms. The van der Waals surface area contributed by atoms with Crippen molar-refractivity contribution in [3.05, 3.63) is 74.1 Å². The van der Waals surface area contributed by atoms with E-state index in [1.54, 1.807) is 29.1 Å². The normalized spacial score (nSPS) is 10.7. The predicted octanol–water partition coefficient (Wildman–Crippen LogP) is 5.19. The Hall–Kier alpha value is -1.79. The van der Waals surface area contributed by atoms with E-state index in [2.05, 4.69) is 15.4 Å². The smallest absolute Gasteiger partial charge is 0.258 e. The third-order valence-corrected chi connectivity index (χ3v) is 4.91. The van der Waals surface area contributed by atoms with Crippen LogP contribution < -0.4 is 5.32 Å². The van der Waals surface area contributed by atoms with Crippen molar-refractivity contribution >= 4 is 58.1 Å². The average Bonchev–Trinajstić information content (AvgIpc) is 3.01. The molecule has 0 spiro atoms. The zero-order chi connectivity index (χ0) is 18.0. The maximum absolute atomic E-state index is 12.4. The van der Waals surface area contributed by atoms with E-state index in [-0.39, 0.29) is 21.6 Å². The molecule has 0 aliphatic carbocycles. The highest BCUT2D eigenvalue weighted by atomic mass is 35.5. The molecule has 25 heavy (non-hydrogen) atoms. The molecule has 0 unspecified atom stereocenters. The quantitative estimate of drug-likeness (QED) is 0.596. The number of carbonyl (C=O) groups excluding carboxylic acids is 1. The zero-order valence-corrected chi connectivity index (χ0v) is 15.5. The number of anilines is 1. The molecular weight excluding hydrogens is 406 g/mol. The van der Waals surface area contributed by atoms with Crippen LogP contribution in [0.4, 0.5) is 5.82 Å². The van der Waals surface area contributed by atoms with Crippen LogP contribution in [0.5, 0.6) is 0 Å². The second-order valence-electron chi connectivity index (χ2n) is 5.04. The van der Waals surface area contributed by atoms with E-state index >= 15 is 0 Å². The van der Waals surface area contributed by atoms with Gasteiger partial charge < -0.3 is 5.32 Å². The number of hydrogen-bond donors (Lipinski definition) is 1. The molecule has 1 N–H and O–H groups in total. The van der Waals surface area contributed by atoms with E-state index in [1.165, 1.54) is 12.3 Å². The minimum absolute atomic E-state index is 0.138. The molecule has 0 aliphatic rings. The lowest BCUT2D eigenvalue weighted by Gasteiger charge is -2.11. The number of halogens is 4. The van der Waals surface area contributed by atoms with Crippen molar-refractivity contribution < 1.29 is 4.79 Å².